The summed E-state index contributed by atoms with van der Waals surface area (Å²) in [6, 6.07) is 0. The smallest absolute Gasteiger partial charge is 0.344 e. The highest BCUT2D eigenvalue weighted by Crippen LogP contribution is 2.66. The Bertz CT molecular complexity index is 2840. The zero-order valence-corrected chi connectivity index (χ0v) is 58.6. The Morgan fingerprint density at radius 3 is 1.43 bits per heavy atom. The van der Waals surface area contributed by atoms with Crippen LogP contribution >= 0.6 is 0 Å². The third kappa shape index (κ3) is 13.4. The summed E-state index contributed by atoms with van der Waals surface area (Å²) in [7, 11) is 0. The van der Waals surface area contributed by atoms with Gasteiger partial charge in [0.15, 0.2) is 6.61 Å². The Hall–Kier alpha value is -4.81. The van der Waals surface area contributed by atoms with Gasteiger partial charge >= 0.3 is 53.7 Å². The highest BCUT2D eigenvalue weighted by atomic mass is 16.6. The number of fused-ring (bicyclic) bond motifs is 2. The number of rotatable bonds is 19. The number of ether oxygens (including phenoxy) is 8. The predicted molar refractivity (Wildman–Crippen MR) is 338 cm³/mol. The molecule has 0 aromatic carbocycles. The molecule has 12 bridgehead atoms. The van der Waals surface area contributed by atoms with Gasteiger partial charge in [-0.2, -0.15) is 0 Å². The van der Waals surface area contributed by atoms with Crippen molar-refractivity contribution < 1.29 is 91.3 Å². The van der Waals surface area contributed by atoms with Crippen LogP contribution in [0.5, 0.6) is 0 Å². The standard InChI is InChI=1S/C24H34O8.C19H32O2.C16H26O3.C15H20O6/c1-5-23(3,4)22(28)29-12-15(25)30-18-14-11-13-16(20(26)31-19(13)18)17(14)21(27)32-24(6-2)9-7-8-10-24;1-6-17(2,3)16(20)21-18(4,5)19-10-13-7-14(11-19)9-15(8-13)12-19;1-4-14(2,3)13(17)19-16-8-11-5-12(9-16)7-15(18,6-11)10-16;1-4-15(2,3)14(19)21-11-6-5-7-9(8(6)12(16)17)13(18)20-10(7)11/h13-14,16-19H,5-12H2,1-4H3;13-15H,6-12H2,1-5H3;11-12,18H,4-10H2,1-3H3;6-11H,4-5H2,1-3H3,(H,16,17). The maximum atomic E-state index is 13.2. The van der Waals surface area contributed by atoms with E-state index in [-0.39, 0.29) is 69.6 Å². The molecule has 14 atom stereocenters. The van der Waals surface area contributed by atoms with Crippen LogP contribution < -0.4 is 0 Å². The normalized spacial score (nSPS) is 38.7. The van der Waals surface area contributed by atoms with E-state index in [4.69, 9.17) is 37.9 Å². The van der Waals surface area contributed by atoms with Gasteiger partial charge in [-0.25, -0.2) is 4.79 Å². The lowest BCUT2D eigenvalue weighted by Gasteiger charge is -2.61. The SMILES string of the molecule is CCC(C)(C)C(=O)OC(C)(C)C12CC3CC(CC(C3)C1)C2.CCC(C)(C)C(=O)OC12CC3CC(CC(O)(C3)C1)C2.CCC(C)(C)C(=O)OC1C2CC3C1OC(=O)C3C2C(=O)O.CCC1(OC(=O)C2C3CC4C(OC(=O)C42)C3OC(=O)COC(=O)C(C)(C)CC)CCCC1. The summed E-state index contributed by atoms with van der Waals surface area (Å²) in [5.41, 5.74) is -3.51. The number of carbonyl (C=O) groups is 9. The van der Waals surface area contributed by atoms with E-state index in [0.717, 1.165) is 88.4 Å². The van der Waals surface area contributed by atoms with Gasteiger partial charge in [0.2, 0.25) is 0 Å². The number of hydrogen-bond donors (Lipinski definition) is 2. The highest BCUT2D eigenvalue weighted by molar-refractivity contribution is 5.87. The Morgan fingerprint density at radius 2 is 0.957 bits per heavy atom. The summed E-state index contributed by atoms with van der Waals surface area (Å²) in [4.78, 5) is 111. The van der Waals surface area contributed by atoms with E-state index in [9.17, 15) is 53.4 Å². The third-order valence-electron chi connectivity index (χ3n) is 26.7. The molecule has 0 aromatic heterocycles. The Balaban J connectivity index is 0.000000139. The molecule has 19 nitrogen and oxygen atoms in total. The van der Waals surface area contributed by atoms with Gasteiger partial charge in [-0.1, -0.05) is 34.6 Å². The van der Waals surface area contributed by atoms with Crippen molar-refractivity contribution in [2.45, 2.75) is 298 Å². The van der Waals surface area contributed by atoms with Gasteiger partial charge in [0.1, 0.15) is 41.2 Å². The number of esters is 8. The summed E-state index contributed by atoms with van der Waals surface area (Å²) >= 11 is 0. The maximum absolute atomic E-state index is 13.2. The van der Waals surface area contributed by atoms with Crippen molar-refractivity contribution in [3.63, 3.8) is 0 Å². The molecule has 15 fully saturated rings. The number of aliphatic hydroxyl groups is 1. The van der Waals surface area contributed by atoms with E-state index in [0.29, 0.717) is 43.9 Å². The van der Waals surface area contributed by atoms with E-state index in [2.05, 4.69) is 20.8 Å². The third-order valence-corrected chi connectivity index (χ3v) is 26.7. The number of hydrogen-bond acceptors (Lipinski definition) is 18. The first-order chi connectivity index (χ1) is 43.3. The minimum Gasteiger partial charge on any atom is -0.481 e. The zero-order valence-electron chi connectivity index (χ0n) is 58.6. The summed E-state index contributed by atoms with van der Waals surface area (Å²) < 4.78 is 45.3. The number of carboxylic acid groups (broad SMARTS) is 1. The fourth-order valence-corrected chi connectivity index (χ4v) is 20.1. The van der Waals surface area contributed by atoms with Crippen molar-refractivity contribution in [2.24, 2.45) is 104 Å². The van der Waals surface area contributed by atoms with Gasteiger partial charge in [-0.05, 0) is 240 Å². The molecule has 15 rings (SSSR count). The lowest BCUT2D eigenvalue weighted by molar-refractivity contribution is -0.225. The number of carboxylic acids is 1. The van der Waals surface area contributed by atoms with Gasteiger partial charge in [0, 0.05) is 35.5 Å². The van der Waals surface area contributed by atoms with E-state index in [1.54, 1.807) is 27.7 Å². The Morgan fingerprint density at radius 1 is 0.516 bits per heavy atom. The molecular weight excluding hydrogens is 1190 g/mol. The van der Waals surface area contributed by atoms with Crippen LogP contribution in [0.3, 0.4) is 0 Å². The van der Waals surface area contributed by atoms with Crippen LogP contribution in [0.4, 0.5) is 0 Å². The van der Waals surface area contributed by atoms with Gasteiger partial charge in [0.05, 0.1) is 50.9 Å². The van der Waals surface area contributed by atoms with Crippen LogP contribution in [0, 0.1) is 104 Å². The van der Waals surface area contributed by atoms with Gasteiger partial charge in [-0.3, -0.25) is 38.4 Å². The van der Waals surface area contributed by atoms with Crippen LogP contribution in [-0.4, -0.2) is 117 Å². The molecule has 14 unspecified atom stereocenters. The lowest BCUT2D eigenvalue weighted by Crippen LogP contribution is -2.61. The van der Waals surface area contributed by atoms with Crippen molar-refractivity contribution in [1.82, 2.24) is 0 Å². The molecule has 19 heteroatoms. The quantitative estimate of drug-likeness (QED) is 0.0898. The molecule has 15 aliphatic rings. The Labute approximate surface area is 551 Å². The Kier molecular flexibility index (Phi) is 19.5. The molecule has 0 amide bonds. The first kappa shape index (κ1) is 71.0. The molecule has 522 valence electrons. The summed E-state index contributed by atoms with van der Waals surface area (Å²) in [5, 5.41) is 20.0. The van der Waals surface area contributed by atoms with Gasteiger partial charge in [0.25, 0.3) is 0 Å². The molecule has 2 saturated heterocycles. The summed E-state index contributed by atoms with van der Waals surface area (Å²) in [5.74, 6) is -3.48. The van der Waals surface area contributed by atoms with E-state index in [1.807, 2.05) is 55.4 Å². The predicted octanol–water partition coefficient (Wildman–Crippen LogP) is 12.2. The zero-order chi connectivity index (χ0) is 68.1. The lowest BCUT2D eigenvalue weighted by atomic mass is 9.46. The topological polar surface area (TPSA) is 268 Å². The second-order valence-electron chi connectivity index (χ2n) is 34.7. The minimum atomic E-state index is -0.999. The second kappa shape index (κ2) is 25.6. The molecule has 2 aliphatic heterocycles. The number of aliphatic carboxylic acids is 1. The molecule has 0 radical (unpaired) electrons. The molecular formula is C74H112O19. The van der Waals surface area contributed by atoms with E-state index >= 15 is 0 Å². The molecule has 13 aliphatic carbocycles. The first-order valence-corrected chi connectivity index (χ1v) is 36.0. The largest absolute Gasteiger partial charge is 0.481 e. The minimum absolute atomic E-state index is 0.00857. The van der Waals surface area contributed by atoms with Crippen molar-refractivity contribution in [1.29, 1.82) is 0 Å². The average molecular weight is 1310 g/mol. The van der Waals surface area contributed by atoms with Crippen molar-refractivity contribution in [2.75, 3.05) is 6.61 Å². The molecule has 2 N–H and O–H groups in total. The van der Waals surface area contributed by atoms with E-state index < -0.39 is 112 Å². The van der Waals surface area contributed by atoms with Crippen LogP contribution in [-0.2, 0) is 81.0 Å². The monoisotopic (exact) mass is 1300 g/mol. The summed E-state index contributed by atoms with van der Waals surface area (Å²) in [6.45, 7) is 28.7. The average Bonchev–Trinajstić information content (AvgIpc) is 1.69. The summed E-state index contributed by atoms with van der Waals surface area (Å²) in [6.07, 6.45) is 20.0. The maximum Gasteiger partial charge on any atom is 0.344 e. The molecule has 13 saturated carbocycles. The van der Waals surface area contributed by atoms with Crippen molar-refractivity contribution in [3.8, 4) is 0 Å². The van der Waals surface area contributed by atoms with Crippen LogP contribution in [0.15, 0.2) is 0 Å². The molecule has 2 heterocycles. The van der Waals surface area contributed by atoms with Crippen molar-refractivity contribution >= 4 is 53.7 Å². The second-order valence-corrected chi connectivity index (χ2v) is 34.7. The highest BCUT2D eigenvalue weighted by Gasteiger charge is 2.72. The fourth-order valence-electron chi connectivity index (χ4n) is 20.1. The molecule has 0 spiro atoms. The van der Waals surface area contributed by atoms with Crippen LogP contribution in [0.1, 0.15) is 252 Å². The van der Waals surface area contributed by atoms with E-state index in [1.165, 1.54) is 44.9 Å². The van der Waals surface area contributed by atoms with Crippen LogP contribution in [0.25, 0.3) is 0 Å². The van der Waals surface area contributed by atoms with Gasteiger partial charge in [-0.15, -0.1) is 0 Å². The fraction of sp³-hybridized carbons (Fsp3) is 0.878. The molecule has 0 aromatic rings. The van der Waals surface area contributed by atoms with Gasteiger partial charge < -0.3 is 48.1 Å². The van der Waals surface area contributed by atoms with Crippen LogP contribution in [0.2, 0.25) is 0 Å². The first-order valence-electron chi connectivity index (χ1n) is 36.0. The molecule has 93 heavy (non-hydrogen) atoms. The number of carbonyl (C=O) groups excluding carboxylic acids is 8. The van der Waals surface area contributed by atoms with Crippen molar-refractivity contribution in [3.05, 3.63) is 0 Å².